The Labute approximate surface area is 133 Å². The molecule has 21 heavy (non-hydrogen) atoms. The molecule has 0 radical (unpaired) electrons. The molecule has 114 valence electrons. The summed E-state index contributed by atoms with van der Waals surface area (Å²) in [6.45, 7) is 6.66. The van der Waals surface area contributed by atoms with Gasteiger partial charge in [-0.05, 0) is 55.8 Å². The van der Waals surface area contributed by atoms with Crippen molar-refractivity contribution in [1.82, 2.24) is 5.32 Å². The lowest BCUT2D eigenvalue weighted by atomic mass is 9.94. The van der Waals surface area contributed by atoms with Crippen LogP contribution in [0.3, 0.4) is 0 Å². The second-order valence-electron chi connectivity index (χ2n) is 5.57. The monoisotopic (exact) mass is 301 g/mol. The van der Waals surface area contributed by atoms with E-state index in [0.29, 0.717) is 5.92 Å². The summed E-state index contributed by atoms with van der Waals surface area (Å²) in [6.07, 6.45) is 4.78. The van der Waals surface area contributed by atoms with Crippen LogP contribution in [0.15, 0.2) is 42.5 Å². The molecule has 1 heterocycles. The Morgan fingerprint density at radius 3 is 2.43 bits per heavy atom. The van der Waals surface area contributed by atoms with Crippen LogP contribution in [0.2, 0.25) is 0 Å². The fraction of sp³-hybridized carbons (Fsp3) is 0.474. The highest BCUT2D eigenvalue weighted by atomic mass is 32.1. The molecule has 1 nitrogen and oxygen atoms in total. The van der Waals surface area contributed by atoms with Gasteiger partial charge in [-0.15, -0.1) is 11.3 Å². The molecule has 1 aromatic carbocycles. The van der Waals surface area contributed by atoms with Crippen molar-refractivity contribution in [3.63, 3.8) is 0 Å². The third-order valence-corrected chi connectivity index (χ3v) is 5.18. The first kappa shape index (κ1) is 16.3. The van der Waals surface area contributed by atoms with Crippen LogP contribution in [0.1, 0.15) is 47.9 Å². The Bertz CT molecular complexity index is 503. The first-order valence-electron chi connectivity index (χ1n) is 8.16. The maximum atomic E-state index is 3.59. The summed E-state index contributed by atoms with van der Waals surface area (Å²) >= 11 is 1.98. The van der Waals surface area contributed by atoms with Gasteiger partial charge < -0.3 is 5.32 Å². The maximum Gasteiger partial charge on any atom is 0.00484 e. The zero-order chi connectivity index (χ0) is 14.9. The van der Waals surface area contributed by atoms with Gasteiger partial charge in [-0.2, -0.15) is 0 Å². The number of rotatable bonds is 9. The minimum atomic E-state index is 0.616. The van der Waals surface area contributed by atoms with E-state index in [1.807, 2.05) is 11.3 Å². The molecule has 0 bridgehead atoms. The molecule has 2 aromatic rings. The zero-order valence-corrected chi connectivity index (χ0v) is 14.1. The van der Waals surface area contributed by atoms with Crippen LogP contribution in [0.4, 0.5) is 0 Å². The van der Waals surface area contributed by atoms with E-state index in [4.69, 9.17) is 0 Å². The zero-order valence-electron chi connectivity index (χ0n) is 13.3. The highest BCUT2D eigenvalue weighted by Crippen LogP contribution is 2.24. The number of benzene rings is 1. The van der Waals surface area contributed by atoms with E-state index in [1.165, 1.54) is 34.6 Å². The van der Waals surface area contributed by atoms with Crippen molar-refractivity contribution < 1.29 is 0 Å². The SMILES string of the molecule is CCCNCC(CCc1ccc(CC)s1)c1ccccc1. The van der Waals surface area contributed by atoms with E-state index >= 15 is 0 Å². The van der Waals surface area contributed by atoms with Gasteiger partial charge in [0.2, 0.25) is 0 Å². The molecule has 2 heteroatoms. The first-order valence-corrected chi connectivity index (χ1v) is 8.98. The van der Waals surface area contributed by atoms with E-state index in [0.717, 1.165) is 19.5 Å². The average molecular weight is 301 g/mol. The molecule has 0 spiro atoms. The largest absolute Gasteiger partial charge is 0.316 e. The van der Waals surface area contributed by atoms with Gasteiger partial charge >= 0.3 is 0 Å². The Morgan fingerprint density at radius 2 is 1.76 bits per heavy atom. The smallest absolute Gasteiger partial charge is 0.00484 e. The summed E-state index contributed by atoms with van der Waals surface area (Å²) < 4.78 is 0. The topological polar surface area (TPSA) is 12.0 Å². The quantitative estimate of drug-likeness (QED) is 0.641. The van der Waals surface area contributed by atoms with Crippen molar-refractivity contribution in [1.29, 1.82) is 0 Å². The first-order chi connectivity index (χ1) is 10.3. The lowest BCUT2D eigenvalue weighted by Crippen LogP contribution is -2.22. The fourth-order valence-electron chi connectivity index (χ4n) is 2.63. The van der Waals surface area contributed by atoms with Crippen molar-refractivity contribution in [2.75, 3.05) is 13.1 Å². The molecule has 0 amide bonds. The van der Waals surface area contributed by atoms with Crippen LogP contribution in [-0.2, 0) is 12.8 Å². The molecular weight excluding hydrogens is 274 g/mol. The fourth-order valence-corrected chi connectivity index (χ4v) is 3.60. The minimum absolute atomic E-state index is 0.616. The maximum absolute atomic E-state index is 3.59. The summed E-state index contributed by atoms with van der Waals surface area (Å²) in [6, 6.07) is 15.5. The summed E-state index contributed by atoms with van der Waals surface area (Å²) in [4.78, 5) is 3.04. The summed E-state index contributed by atoms with van der Waals surface area (Å²) in [7, 11) is 0. The second-order valence-corrected chi connectivity index (χ2v) is 6.82. The molecule has 0 saturated heterocycles. The Kier molecular flexibility index (Phi) is 6.98. The highest BCUT2D eigenvalue weighted by molar-refractivity contribution is 7.11. The van der Waals surface area contributed by atoms with Gasteiger partial charge in [0.1, 0.15) is 0 Å². The highest BCUT2D eigenvalue weighted by Gasteiger charge is 2.11. The number of nitrogens with one attached hydrogen (secondary N) is 1. The van der Waals surface area contributed by atoms with Gasteiger partial charge in [0.25, 0.3) is 0 Å². The third-order valence-electron chi connectivity index (χ3n) is 3.89. The molecular formula is C19H27NS. The van der Waals surface area contributed by atoms with Crippen LogP contribution in [-0.4, -0.2) is 13.1 Å². The van der Waals surface area contributed by atoms with E-state index < -0.39 is 0 Å². The number of hydrogen-bond donors (Lipinski definition) is 1. The van der Waals surface area contributed by atoms with E-state index in [1.54, 1.807) is 0 Å². The van der Waals surface area contributed by atoms with E-state index in [-0.39, 0.29) is 0 Å². The Balaban J connectivity index is 1.95. The lowest BCUT2D eigenvalue weighted by molar-refractivity contribution is 0.550. The average Bonchev–Trinajstić information content (AvgIpc) is 2.99. The summed E-state index contributed by atoms with van der Waals surface area (Å²) in [5, 5.41) is 3.59. The van der Waals surface area contributed by atoms with Crippen LogP contribution < -0.4 is 5.32 Å². The summed E-state index contributed by atoms with van der Waals surface area (Å²) in [5.74, 6) is 0.616. The van der Waals surface area contributed by atoms with Gasteiger partial charge in [0, 0.05) is 16.3 Å². The van der Waals surface area contributed by atoms with Gasteiger partial charge in [-0.1, -0.05) is 44.2 Å². The summed E-state index contributed by atoms with van der Waals surface area (Å²) in [5.41, 5.74) is 1.47. The van der Waals surface area contributed by atoms with Gasteiger partial charge in [-0.3, -0.25) is 0 Å². The molecule has 2 rings (SSSR count). The Hall–Kier alpha value is -1.12. The minimum Gasteiger partial charge on any atom is -0.316 e. The number of aryl methyl sites for hydroxylation is 2. The van der Waals surface area contributed by atoms with E-state index in [9.17, 15) is 0 Å². The molecule has 0 aliphatic rings. The van der Waals surface area contributed by atoms with Crippen LogP contribution in [0, 0.1) is 0 Å². The third kappa shape index (κ3) is 5.29. The molecule has 0 aliphatic heterocycles. The molecule has 0 saturated carbocycles. The normalized spacial score (nSPS) is 12.5. The number of hydrogen-bond acceptors (Lipinski definition) is 2. The van der Waals surface area contributed by atoms with Gasteiger partial charge in [0.05, 0.1) is 0 Å². The molecule has 1 unspecified atom stereocenters. The van der Waals surface area contributed by atoms with Crippen molar-refractivity contribution >= 4 is 11.3 Å². The second kappa shape index (κ2) is 9.01. The predicted molar refractivity (Wildman–Crippen MR) is 94.4 cm³/mol. The van der Waals surface area contributed by atoms with Crippen molar-refractivity contribution in [3.8, 4) is 0 Å². The van der Waals surface area contributed by atoms with Gasteiger partial charge in [-0.25, -0.2) is 0 Å². The van der Waals surface area contributed by atoms with Gasteiger partial charge in [0.15, 0.2) is 0 Å². The van der Waals surface area contributed by atoms with Crippen molar-refractivity contribution in [2.24, 2.45) is 0 Å². The molecule has 0 fully saturated rings. The molecule has 1 N–H and O–H groups in total. The molecule has 1 atom stereocenters. The lowest BCUT2D eigenvalue weighted by Gasteiger charge is -2.17. The Morgan fingerprint density at radius 1 is 1.00 bits per heavy atom. The van der Waals surface area contributed by atoms with Crippen LogP contribution in [0.25, 0.3) is 0 Å². The van der Waals surface area contributed by atoms with Crippen molar-refractivity contribution in [3.05, 3.63) is 57.8 Å². The van der Waals surface area contributed by atoms with E-state index in [2.05, 4.69) is 61.6 Å². The van der Waals surface area contributed by atoms with Crippen LogP contribution >= 0.6 is 11.3 Å². The van der Waals surface area contributed by atoms with Crippen LogP contribution in [0.5, 0.6) is 0 Å². The standard InChI is InChI=1S/C19H27NS/c1-3-14-20-15-17(16-8-6-5-7-9-16)10-11-19-13-12-18(4-2)21-19/h5-9,12-13,17,20H,3-4,10-11,14-15H2,1-2H3. The molecule has 1 aromatic heterocycles. The molecule has 0 aliphatic carbocycles. The number of thiophene rings is 1. The van der Waals surface area contributed by atoms with Crippen molar-refractivity contribution in [2.45, 2.75) is 45.4 Å². The predicted octanol–water partition coefficient (Wildman–Crippen LogP) is 5.03.